The van der Waals surface area contributed by atoms with E-state index in [0.717, 1.165) is 17.1 Å². The van der Waals surface area contributed by atoms with Crippen LogP contribution < -0.4 is 14.8 Å². The smallest absolute Gasteiger partial charge is 0.220 e. The molecule has 4 nitrogen and oxygen atoms in total. The SMILES string of the molecule is CCOc1ccc([C@H](C)NC(=O)CC)cc1OCC. The molecule has 0 fully saturated rings. The van der Waals surface area contributed by atoms with Gasteiger partial charge in [-0.15, -0.1) is 0 Å². The van der Waals surface area contributed by atoms with Crippen molar-refractivity contribution >= 4 is 5.91 Å². The van der Waals surface area contributed by atoms with E-state index >= 15 is 0 Å². The molecule has 0 aliphatic heterocycles. The topological polar surface area (TPSA) is 47.6 Å². The zero-order chi connectivity index (χ0) is 14.3. The fraction of sp³-hybridized carbons (Fsp3) is 0.533. The molecule has 0 unspecified atom stereocenters. The van der Waals surface area contributed by atoms with E-state index in [1.807, 2.05) is 45.9 Å². The molecule has 1 N–H and O–H groups in total. The fourth-order valence-corrected chi connectivity index (χ4v) is 1.76. The molecule has 19 heavy (non-hydrogen) atoms. The summed E-state index contributed by atoms with van der Waals surface area (Å²) >= 11 is 0. The number of ether oxygens (including phenoxy) is 2. The Morgan fingerprint density at radius 3 is 2.37 bits per heavy atom. The molecular formula is C15H23NO3. The van der Waals surface area contributed by atoms with E-state index in [1.165, 1.54) is 0 Å². The lowest BCUT2D eigenvalue weighted by Gasteiger charge is -2.17. The van der Waals surface area contributed by atoms with Gasteiger partial charge in [-0.3, -0.25) is 4.79 Å². The number of amides is 1. The van der Waals surface area contributed by atoms with E-state index in [1.54, 1.807) is 0 Å². The molecule has 0 bridgehead atoms. The summed E-state index contributed by atoms with van der Waals surface area (Å²) in [6, 6.07) is 5.73. The largest absolute Gasteiger partial charge is 0.490 e. The van der Waals surface area contributed by atoms with Gasteiger partial charge in [0.05, 0.1) is 19.3 Å². The van der Waals surface area contributed by atoms with Crippen molar-refractivity contribution in [2.45, 2.75) is 40.2 Å². The average Bonchev–Trinajstić information content (AvgIpc) is 2.41. The number of carbonyl (C=O) groups excluding carboxylic acids is 1. The number of benzene rings is 1. The van der Waals surface area contributed by atoms with Crippen LogP contribution in [-0.4, -0.2) is 19.1 Å². The highest BCUT2D eigenvalue weighted by Gasteiger charge is 2.12. The Morgan fingerprint density at radius 2 is 1.79 bits per heavy atom. The zero-order valence-corrected chi connectivity index (χ0v) is 12.2. The fourth-order valence-electron chi connectivity index (χ4n) is 1.76. The molecule has 0 heterocycles. The average molecular weight is 265 g/mol. The number of nitrogens with one attached hydrogen (secondary N) is 1. The zero-order valence-electron chi connectivity index (χ0n) is 12.2. The van der Waals surface area contributed by atoms with Crippen LogP contribution in [0.2, 0.25) is 0 Å². The van der Waals surface area contributed by atoms with E-state index in [4.69, 9.17) is 9.47 Å². The maximum absolute atomic E-state index is 11.4. The highest BCUT2D eigenvalue weighted by Crippen LogP contribution is 2.30. The van der Waals surface area contributed by atoms with Gasteiger partial charge in [0.1, 0.15) is 0 Å². The van der Waals surface area contributed by atoms with E-state index in [0.29, 0.717) is 19.6 Å². The molecule has 0 saturated heterocycles. The lowest BCUT2D eigenvalue weighted by atomic mass is 10.1. The number of hydrogen-bond acceptors (Lipinski definition) is 3. The summed E-state index contributed by atoms with van der Waals surface area (Å²) in [7, 11) is 0. The lowest BCUT2D eigenvalue weighted by Crippen LogP contribution is -2.25. The van der Waals surface area contributed by atoms with Crippen LogP contribution in [0.4, 0.5) is 0 Å². The van der Waals surface area contributed by atoms with E-state index < -0.39 is 0 Å². The van der Waals surface area contributed by atoms with Crippen LogP contribution >= 0.6 is 0 Å². The summed E-state index contributed by atoms with van der Waals surface area (Å²) in [5, 5.41) is 2.93. The molecule has 1 rings (SSSR count). The summed E-state index contributed by atoms with van der Waals surface area (Å²) in [4.78, 5) is 11.4. The van der Waals surface area contributed by atoms with Crippen molar-refractivity contribution < 1.29 is 14.3 Å². The summed E-state index contributed by atoms with van der Waals surface area (Å²) in [5.74, 6) is 1.50. The van der Waals surface area contributed by atoms with E-state index in [9.17, 15) is 4.79 Å². The predicted octanol–water partition coefficient (Wildman–Crippen LogP) is 3.07. The van der Waals surface area contributed by atoms with Gasteiger partial charge in [0.15, 0.2) is 11.5 Å². The van der Waals surface area contributed by atoms with Gasteiger partial charge >= 0.3 is 0 Å². The van der Waals surface area contributed by atoms with Crippen molar-refractivity contribution in [1.29, 1.82) is 0 Å². The maximum Gasteiger partial charge on any atom is 0.220 e. The molecule has 1 aromatic carbocycles. The first kappa shape index (κ1) is 15.3. The molecule has 0 aromatic heterocycles. The minimum atomic E-state index is -0.0395. The van der Waals surface area contributed by atoms with Crippen LogP contribution in [-0.2, 0) is 4.79 Å². The Balaban J connectivity index is 2.90. The molecule has 4 heteroatoms. The molecule has 0 spiro atoms. The van der Waals surface area contributed by atoms with Crippen molar-refractivity contribution in [3.63, 3.8) is 0 Å². The van der Waals surface area contributed by atoms with Gasteiger partial charge < -0.3 is 14.8 Å². The van der Waals surface area contributed by atoms with Gasteiger partial charge in [-0.05, 0) is 38.5 Å². The first-order chi connectivity index (χ1) is 9.12. The molecule has 0 saturated carbocycles. The van der Waals surface area contributed by atoms with Crippen LogP contribution in [0, 0.1) is 0 Å². The van der Waals surface area contributed by atoms with Crippen molar-refractivity contribution in [3.05, 3.63) is 23.8 Å². The molecule has 0 radical (unpaired) electrons. The predicted molar refractivity (Wildman–Crippen MR) is 75.6 cm³/mol. The minimum Gasteiger partial charge on any atom is -0.490 e. The third-order valence-corrected chi connectivity index (χ3v) is 2.77. The third-order valence-electron chi connectivity index (χ3n) is 2.77. The summed E-state index contributed by atoms with van der Waals surface area (Å²) in [5.41, 5.74) is 1.01. The van der Waals surface area contributed by atoms with Gasteiger partial charge in [-0.25, -0.2) is 0 Å². The number of carbonyl (C=O) groups is 1. The minimum absolute atomic E-state index is 0.0395. The third kappa shape index (κ3) is 4.47. The van der Waals surface area contributed by atoms with Gasteiger partial charge in [0, 0.05) is 6.42 Å². The molecule has 106 valence electrons. The van der Waals surface area contributed by atoms with E-state index in [2.05, 4.69) is 5.32 Å². The summed E-state index contributed by atoms with van der Waals surface area (Å²) in [6.07, 6.45) is 0.486. The first-order valence-electron chi connectivity index (χ1n) is 6.81. The summed E-state index contributed by atoms with van der Waals surface area (Å²) in [6.45, 7) is 8.85. The van der Waals surface area contributed by atoms with Gasteiger partial charge in [0.25, 0.3) is 0 Å². The number of hydrogen-bond donors (Lipinski definition) is 1. The van der Waals surface area contributed by atoms with Crippen molar-refractivity contribution in [2.75, 3.05) is 13.2 Å². The van der Waals surface area contributed by atoms with Crippen LogP contribution in [0.3, 0.4) is 0 Å². The quantitative estimate of drug-likeness (QED) is 0.824. The standard InChI is InChI=1S/C15H23NO3/c1-5-15(17)16-11(4)12-8-9-13(18-6-2)14(10-12)19-7-3/h8-11H,5-7H2,1-4H3,(H,16,17)/t11-/m0/s1. The molecule has 1 amide bonds. The molecule has 0 aliphatic carbocycles. The van der Waals surface area contributed by atoms with Crippen LogP contribution in [0.25, 0.3) is 0 Å². The van der Waals surface area contributed by atoms with Crippen LogP contribution in [0.5, 0.6) is 11.5 Å². The van der Waals surface area contributed by atoms with Crippen LogP contribution in [0.1, 0.15) is 45.7 Å². The number of rotatable bonds is 7. The molecule has 1 aromatic rings. The Hall–Kier alpha value is -1.71. The van der Waals surface area contributed by atoms with Gasteiger partial charge in [0.2, 0.25) is 5.91 Å². The second kappa shape index (κ2) is 7.67. The first-order valence-corrected chi connectivity index (χ1v) is 6.81. The van der Waals surface area contributed by atoms with Crippen molar-refractivity contribution in [3.8, 4) is 11.5 Å². The second-order valence-corrected chi connectivity index (χ2v) is 4.21. The Kier molecular flexibility index (Phi) is 6.19. The Bertz CT molecular complexity index is 418. The Labute approximate surface area is 115 Å². The van der Waals surface area contributed by atoms with Crippen molar-refractivity contribution in [2.24, 2.45) is 0 Å². The Morgan fingerprint density at radius 1 is 1.16 bits per heavy atom. The highest BCUT2D eigenvalue weighted by molar-refractivity contribution is 5.76. The van der Waals surface area contributed by atoms with Gasteiger partial charge in [-0.2, -0.15) is 0 Å². The van der Waals surface area contributed by atoms with Crippen LogP contribution in [0.15, 0.2) is 18.2 Å². The normalized spacial score (nSPS) is 11.8. The lowest BCUT2D eigenvalue weighted by molar-refractivity contribution is -0.121. The summed E-state index contributed by atoms with van der Waals surface area (Å²) < 4.78 is 11.1. The molecular weight excluding hydrogens is 242 g/mol. The van der Waals surface area contributed by atoms with E-state index in [-0.39, 0.29) is 11.9 Å². The molecule has 0 aliphatic rings. The van der Waals surface area contributed by atoms with Crippen molar-refractivity contribution in [1.82, 2.24) is 5.32 Å². The second-order valence-electron chi connectivity index (χ2n) is 4.21. The maximum atomic E-state index is 11.4. The molecule has 1 atom stereocenters. The van der Waals surface area contributed by atoms with Gasteiger partial charge in [-0.1, -0.05) is 13.0 Å². The monoisotopic (exact) mass is 265 g/mol. The highest BCUT2D eigenvalue weighted by atomic mass is 16.5.